The highest BCUT2D eigenvalue weighted by Crippen LogP contribution is 2.38. The number of aliphatic hydroxyl groups is 1. The van der Waals surface area contributed by atoms with Gasteiger partial charge in [-0.2, -0.15) is 0 Å². The topological polar surface area (TPSA) is 108 Å². The number of rotatable bonds is 65. The summed E-state index contributed by atoms with van der Waals surface area (Å²) in [5.41, 5.74) is 0. The van der Waals surface area contributed by atoms with Gasteiger partial charge in [-0.25, -0.2) is 0 Å². The van der Waals surface area contributed by atoms with Crippen LogP contribution in [0, 0.1) is 0 Å². The third-order valence-electron chi connectivity index (χ3n) is 15.8. The lowest BCUT2D eigenvalue weighted by molar-refractivity contribution is -0.870. The van der Waals surface area contributed by atoms with Crippen molar-refractivity contribution in [3.8, 4) is 0 Å². The van der Waals surface area contributed by atoms with E-state index in [0.29, 0.717) is 23.9 Å². The summed E-state index contributed by atoms with van der Waals surface area (Å²) >= 11 is 0. The Morgan fingerprint density at radius 1 is 0.424 bits per heavy atom. The van der Waals surface area contributed by atoms with Crippen molar-refractivity contribution in [1.29, 1.82) is 0 Å². The first-order valence-corrected chi connectivity index (χ1v) is 37.2. The number of hydrogen-bond donors (Lipinski definition) is 2. The zero-order valence-electron chi connectivity index (χ0n) is 56.3. The van der Waals surface area contributed by atoms with Crippen molar-refractivity contribution in [2.75, 3.05) is 40.9 Å². The summed E-state index contributed by atoms with van der Waals surface area (Å²) in [4.78, 5) is 25.7. The van der Waals surface area contributed by atoms with E-state index in [-0.39, 0.29) is 19.1 Å². The smallest absolute Gasteiger partial charge is 0.268 e. The maximum Gasteiger partial charge on any atom is 0.268 e. The Bertz CT molecular complexity index is 1760. The van der Waals surface area contributed by atoms with Crippen LogP contribution in [0.3, 0.4) is 0 Å². The summed E-state index contributed by atoms with van der Waals surface area (Å²) < 4.78 is 23.5. The molecule has 1 amide bonds. The number of aliphatic hydroxyl groups excluding tert-OH is 1. The lowest BCUT2D eigenvalue weighted by Crippen LogP contribution is -2.46. The van der Waals surface area contributed by atoms with Gasteiger partial charge in [0.25, 0.3) is 7.82 Å². The van der Waals surface area contributed by atoms with Crippen molar-refractivity contribution in [3.05, 3.63) is 109 Å². The fourth-order valence-electron chi connectivity index (χ4n) is 10.3. The predicted molar refractivity (Wildman–Crippen MR) is 371 cm³/mol. The summed E-state index contributed by atoms with van der Waals surface area (Å²) in [6.07, 6.45) is 95.9. The molecular formula is C76H137N2O6P. The van der Waals surface area contributed by atoms with Gasteiger partial charge in [-0.05, 0) is 83.5 Å². The number of unbranched alkanes of at least 4 members (excludes halogenated alkanes) is 34. The molecule has 0 saturated carbocycles. The van der Waals surface area contributed by atoms with E-state index >= 15 is 0 Å². The number of hydrogen-bond acceptors (Lipinski definition) is 6. The SMILES string of the molecule is CC/C=C\C/C=C\C/C=C\C/C=C\C/C=C\C/C=C\C/C=C\C/C=C\C/C=C\CCCCCCCC(=O)NC(COP(=O)([O-])OCC[N+](C)(C)C)C(O)CCCCCCCCCCCCCCCCCCCCCCCCCCCCCCCC. The molecule has 8 nitrogen and oxygen atoms in total. The van der Waals surface area contributed by atoms with Crippen LogP contribution in [0.5, 0.6) is 0 Å². The van der Waals surface area contributed by atoms with Crippen molar-refractivity contribution in [1.82, 2.24) is 5.32 Å². The zero-order valence-corrected chi connectivity index (χ0v) is 57.2. The Hall–Kier alpha value is -2.84. The highest BCUT2D eigenvalue weighted by molar-refractivity contribution is 7.45. The van der Waals surface area contributed by atoms with Crippen molar-refractivity contribution in [3.63, 3.8) is 0 Å². The van der Waals surface area contributed by atoms with Crippen LogP contribution < -0.4 is 10.2 Å². The van der Waals surface area contributed by atoms with Gasteiger partial charge in [0.2, 0.25) is 5.91 Å². The van der Waals surface area contributed by atoms with Gasteiger partial charge in [0.1, 0.15) is 13.2 Å². The van der Waals surface area contributed by atoms with Crippen LogP contribution in [-0.2, 0) is 18.4 Å². The van der Waals surface area contributed by atoms with Crippen LogP contribution in [0.25, 0.3) is 0 Å². The summed E-state index contributed by atoms with van der Waals surface area (Å²) in [5.74, 6) is -0.184. The molecule has 3 atom stereocenters. The van der Waals surface area contributed by atoms with E-state index in [4.69, 9.17) is 9.05 Å². The molecule has 0 radical (unpaired) electrons. The highest BCUT2D eigenvalue weighted by Gasteiger charge is 2.24. The third kappa shape index (κ3) is 68.5. The van der Waals surface area contributed by atoms with Crippen LogP contribution in [0.4, 0.5) is 0 Å². The minimum Gasteiger partial charge on any atom is -0.756 e. The number of likely N-dealkylation sites (N-methyl/N-ethyl adjacent to an activating group) is 1. The maximum atomic E-state index is 13.1. The van der Waals surface area contributed by atoms with Crippen LogP contribution >= 0.6 is 7.82 Å². The van der Waals surface area contributed by atoms with E-state index < -0.39 is 20.0 Å². The average molecular weight is 1210 g/mol. The van der Waals surface area contributed by atoms with E-state index in [1.165, 1.54) is 173 Å². The second-order valence-electron chi connectivity index (χ2n) is 25.2. The fraction of sp³-hybridized carbons (Fsp3) is 0.750. The number of phosphoric acid groups is 1. The molecule has 0 aliphatic rings. The number of amides is 1. The van der Waals surface area contributed by atoms with Crippen molar-refractivity contribution in [2.45, 2.75) is 328 Å². The molecule has 0 aliphatic heterocycles. The number of carbonyl (C=O) groups is 1. The monoisotopic (exact) mass is 1210 g/mol. The van der Waals surface area contributed by atoms with E-state index in [1.807, 2.05) is 21.1 Å². The number of phosphoric ester groups is 1. The van der Waals surface area contributed by atoms with Gasteiger partial charge in [0.05, 0.1) is 39.9 Å². The maximum absolute atomic E-state index is 13.1. The second-order valence-corrected chi connectivity index (χ2v) is 26.6. The largest absolute Gasteiger partial charge is 0.756 e. The van der Waals surface area contributed by atoms with Gasteiger partial charge in [-0.15, -0.1) is 0 Å². The Morgan fingerprint density at radius 3 is 1.05 bits per heavy atom. The fourth-order valence-corrected chi connectivity index (χ4v) is 11.0. The van der Waals surface area contributed by atoms with Crippen molar-refractivity contribution in [2.24, 2.45) is 0 Å². The lowest BCUT2D eigenvalue weighted by Gasteiger charge is -2.30. The van der Waals surface area contributed by atoms with Crippen molar-refractivity contribution < 1.29 is 32.9 Å². The molecule has 3 unspecified atom stereocenters. The summed E-state index contributed by atoms with van der Waals surface area (Å²) in [5, 5.41) is 14.1. The molecule has 0 saturated heterocycles. The Morgan fingerprint density at radius 2 is 0.718 bits per heavy atom. The zero-order chi connectivity index (χ0) is 61.9. The van der Waals surface area contributed by atoms with Crippen LogP contribution in [-0.4, -0.2) is 68.5 Å². The van der Waals surface area contributed by atoms with Gasteiger partial charge in [-0.1, -0.05) is 335 Å². The van der Waals surface area contributed by atoms with Gasteiger partial charge >= 0.3 is 0 Å². The van der Waals surface area contributed by atoms with Gasteiger partial charge in [-0.3, -0.25) is 9.36 Å². The molecule has 0 fully saturated rings. The summed E-state index contributed by atoms with van der Waals surface area (Å²) in [6, 6.07) is -0.822. The molecule has 0 rings (SSSR count). The molecule has 0 aliphatic carbocycles. The van der Waals surface area contributed by atoms with Gasteiger partial charge in [0.15, 0.2) is 0 Å². The summed E-state index contributed by atoms with van der Waals surface area (Å²) in [6.45, 7) is 4.62. The number of quaternary nitrogens is 1. The molecule has 9 heteroatoms. The molecular weight excluding hydrogens is 1070 g/mol. The van der Waals surface area contributed by atoms with E-state index in [2.05, 4.69) is 129 Å². The minimum absolute atomic E-state index is 0.00288. The third-order valence-corrected chi connectivity index (χ3v) is 16.7. The van der Waals surface area contributed by atoms with Gasteiger partial charge in [0, 0.05) is 6.42 Å². The predicted octanol–water partition coefficient (Wildman–Crippen LogP) is 22.4. The minimum atomic E-state index is -4.60. The standard InChI is InChI=1S/C76H137N2O6P/c1-6-8-10-12-14-16-18-20-22-24-26-28-30-32-34-36-38-39-40-42-44-46-48-50-52-54-56-58-60-62-64-66-68-70-76(80)77-74(73-84-85(81,82)83-72-71-78(3,4)5)75(79)69-67-65-63-61-59-57-55-53-51-49-47-45-43-41-37-35-33-31-29-27-25-23-21-19-17-15-13-11-9-7-2/h8,10,14,16,20,22,26,28,32,34,38-39,42,44,48,50,54,56,74-75,79H,6-7,9,11-13,15,17-19,21,23-25,27,29-31,33,35-37,40-41,43,45-47,49,51-53,55,57-73H2,1-5H3,(H-,77,80,81,82)/b10-8-,16-14-,22-20-,28-26-,34-32-,39-38-,44-42-,50-48-,56-54-. The summed E-state index contributed by atoms with van der Waals surface area (Å²) in [7, 11) is 1.28. The average Bonchev–Trinajstić information content (AvgIpc) is 3.49. The first-order chi connectivity index (χ1) is 41.5. The molecule has 0 spiro atoms. The van der Waals surface area contributed by atoms with E-state index in [9.17, 15) is 19.4 Å². The van der Waals surface area contributed by atoms with E-state index in [0.717, 1.165) is 116 Å². The molecule has 0 aromatic heterocycles. The first kappa shape index (κ1) is 82.2. The van der Waals surface area contributed by atoms with Gasteiger partial charge < -0.3 is 28.8 Å². The van der Waals surface area contributed by atoms with Crippen LogP contribution in [0.1, 0.15) is 316 Å². The quantitative estimate of drug-likeness (QED) is 0.0272. The van der Waals surface area contributed by atoms with Crippen LogP contribution in [0.15, 0.2) is 109 Å². The molecule has 0 aromatic rings. The number of nitrogens with one attached hydrogen (secondary N) is 1. The Balaban J connectivity index is 4.13. The normalized spacial score (nSPS) is 14.3. The Kier molecular flexibility index (Phi) is 63.4. The second kappa shape index (κ2) is 65.6. The molecule has 492 valence electrons. The first-order valence-electron chi connectivity index (χ1n) is 35.7. The molecule has 0 aromatic carbocycles. The number of nitrogens with zero attached hydrogens (tertiary/aromatic N) is 1. The van der Waals surface area contributed by atoms with Crippen LogP contribution in [0.2, 0.25) is 0 Å². The molecule has 85 heavy (non-hydrogen) atoms. The number of carbonyl (C=O) groups excluding carboxylic acids is 1. The molecule has 2 N–H and O–H groups in total. The molecule has 0 heterocycles. The molecule has 0 bridgehead atoms. The van der Waals surface area contributed by atoms with Crippen molar-refractivity contribution >= 4 is 13.7 Å². The lowest BCUT2D eigenvalue weighted by atomic mass is 10.0. The Labute approximate surface area is 527 Å². The number of allylic oxidation sites excluding steroid dienone is 18. The highest BCUT2D eigenvalue weighted by atomic mass is 31.2. The van der Waals surface area contributed by atoms with E-state index in [1.54, 1.807) is 0 Å².